The molecule has 4 rings (SSSR count). The highest BCUT2D eigenvalue weighted by atomic mass is 16.3. The predicted octanol–water partition coefficient (Wildman–Crippen LogP) is 3.92. The molecule has 4 heteroatoms. The number of carbonyl (C=O) groups excluding carboxylic acids is 2. The third-order valence-electron chi connectivity index (χ3n) is 4.10. The molecular formula is C20H13NO3. The van der Waals surface area contributed by atoms with Crippen LogP contribution < -0.4 is 4.90 Å². The number of phenols is 1. The summed E-state index contributed by atoms with van der Waals surface area (Å²) in [6.07, 6.45) is 0. The molecule has 0 atom stereocenters. The third kappa shape index (κ3) is 2.01. The van der Waals surface area contributed by atoms with Crippen molar-refractivity contribution in [3.05, 3.63) is 78.4 Å². The second-order valence-corrected chi connectivity index (χ2v) is 5.53. The van der Waals surface area contributed by atoms with E-state index in [0.29, 0.717) is 22.5 Å². The van der Waals surface area contributed by atoms with Crippen LogP contribution in [0.1, 0.15) is 10.4 Å². The van der Waals surface area contributed by atoms with Crippen molar-refractivity contribution < 1.29 is 14.7 Å². The number of carbonyl (C=O) groups is 2. The minimum absolute atomic E-state index is 0.0176. The van der Waals surface area contributed by atoms with E-state index < -0.39 is 11.7 Å². The molecule has 0 spiro atoms. The summed E-state index contributed by atoms with van der Waals surface area (Å²) in [5.41, 5.74) is 2.45. The number of ketones is 1. The first-order valence-corrected chi connectivity index (χ1v) is 7.53. The average Bonchev–Trinajstić information content (AvgIpc) is 2.88. The van der Waals surface area contributed by atoms with Crippen LogP contribution in [0.2, 0.25) is 0 Å². The molecule has 1 amide bonds. The predicted molar refractivity (Wildman–Crippen MR) is 91.5 cm³/mol. The van der Waals surface area contributed by atoms with Crippen molar-refractivity contribution in [2.24, 2.45) is 0 Å². The van der Waals surface area contributed by atoms with Crippen LogP contribution in [-0.2, 0) is 4.79 Å². The molecule has 0 saturated carbocycles. The first-order chi connectivity index (χ1) is 11.7. The second-order valence-electron chi connectivity index (χ2n) is 5.53. The van der Waals surface area contributed by atoms with Gasteiger partial charge in [0.25, 0.3) is 5.78 Å². The van der Waals surface area contributed by atoms with Crippen LogP contribution in [0.25, 0.3) is 11.1 Å². The van der Waals surface area contributed by atoms with E-state index in [-0.39, 0.29) is 11.3 Å². The smallest absolute Gasteiger partial charge is 0.304 e. The van der Waals surface area contributed by atoms with Crippen LogP contribution in [-0.4, -0.2) is 16.8 Å². The Hall–Kier alpha value is -3.40. The van der Waals surface area contributed by atoms with Gasteiger partial charge < -0.3 is 5.11 Å². The van der Waals surface area contributed by atoms with E-state index in [1.807, 2.05) is 36.4 Å². The lowest BCUT2D eigenvalue weighted by atomic mass is 9.96. The second kappa shape index (κ2) is 5.35. The largest absolute Gasteiger partial charge is 0.507 e. The van der Waals surface area contributed by atoms with Crippen LogP contribution in [0, 0.1) is 0 Å². The van der Waals surface area contributed by atoms with Crippen LogP contribution in [0.5, 0.6) is 5.75 Å². The number of para-hydroxylation sites is 1. The fourth-order valence-electron chi connectivity index (χ4n) is 3.05. The maximum absolute atomic E-state index is 12.6. The van der Waals surface area contributed by atoms with Gasteiger partial charge in [-0.05, 0) is 29.8 Å². The Bertz CT molecular complexity index is 949. The van der Waals surface area contributed by atoms with E-state index in [1.165, 1.54) is 11.0 Å². The molecule has 3 aromatic carbocycles. The van der Waals surface area contributed by atoms with Gasteiger partial charge in [0.2, 0.25) is 0 Å². The van der Waals surface area contributed by atoms with E-state index >= 15 is 0 Å². The van der Waals surface area contributed by atoms with Crippen molar-refractivity contribution in [1.29, 1.82) is 0 Å². The Morgan fingerprint density at radius 1 is 0.708 bits per heavy atom. The normalized spacial score (nSPS) is 13.2. The van der Waals surface area contributed by atoms with E-state index in [0.717, 1.165) is 0 Å². The summed E-state index contributed by atoms with van der Waals surface area (Å²) in [4.78, 5) is 26.6. The quantitative estimate of drug-likeness (QED) is 0.729. The van der Waals surface area contributed by atoms with Gasteiger partial charge in [0.15, 0.2) is 0 Å². The number of fused-ring (bicyclic) bond motifs is 1. The van der Waals surface area contributed by atoms with Gasteiger partial charge in [0.05, 0.1) is 11.3 Å². The Morgan fingerprint density at radius 2 is 1.33 bits per heavy atom. The molecule has 116 valence electrons. The summed E-state index contributed by atoms with van der Waals surface area (Å²) < 4.78 is 0. The number of aromatic hydroxyl groups is 1. The standard InChI is InChI=1S/C20H13NO3/c22-16-12-11-15-18(17(16)13-7-3-1-4-8-13)19(23)20(24)21(15)14-9-5-2-6-10-14/h1-12,22H. The Labute approximate surface area is 138 Å². The Morgan fingerprint density at radius 3 is 2.00 bits per heavy atom. The lowest BCUT2D eigenvalue weighted by Crippen LogP contribution is -2.24. The van der Waals surface area contributed by atoms with Crippen molar-refractivity contribution in [3.63, 3.8) is 0 Å². The number of hydrogen-bond donors (Lipinski definition) is 1. The molecule has 0 radical (unpaired) electrons. The molecule has 24 heavy (non-hydrogen) atoms. The van der Waals surface area contributed by atoms with Gasteiger partial charge in [0, 0.05) is 11.3 Å². The van der Waals surface area contributed by atoms with Crippen molar-refractivity contribution in [3.8, 4) is 16.9 Å². The summed E-state index contributed by atoms with van der Waals surface area (Å²) in [6.45, 7) is 0. The van der Waals surface area contributed by atoms with E-state index in [1.54, 1.807) is 30.3 Å². The van der Waals surface area contributed by atoms with Gasteiger partial charge in [-0.2, -0.15) is 0 Å². The zero-order valence-electron chi connectivity index (χ0n) is 12.6. The minimum Gasteiger partial charge on any atom is -0.507 e. The highest BCUT2D eigenvalue weighted by Crippen LogP contribution is 2.44. The summed E-state index contributed by atoms with van der Waals surface area (Å²) in [7, 11) is 0. The molecule has 1 aliphatic heterocycles. The fraction of sp³-hybridized carbons (Fsp3) is 0. The van der Waals surface area contributed by atoms with E-state index in [2.05, 4.69) is 0 Å². The van der Waals surface area contributed by atoms with Gasteiger partial charge in [-0.15, -0.1) is 0 Å². The number of anilines is 2. The van der Waals surface area contributed by atoms with Crippen LogP contribution in [0.4, 0.5) is 11.4 Å². The van der Waals surface area contributed by atoms with Crippen molar-refractivity contribution in [1.82, 2.24) is 0 Å². The molecule has 1 N–H and O–H groups in total. The molecule has 0 saturated heterocycles. The van der Waals surface area contributed by atoms with Crippen LogP contribution in [0.15, 0.2) is 72.8 Å². The van der Waals surface area contributed by atoms with E-state index in [9.17, 15) is 14.7 Å². The molecule has 0 aromatic heterocycles. The number of nitrogens with zero attached hydrogens (tertiary/aromatic N) is 1. The highest BCUT2D eigenvalue weighted by molar-refractivity contribution is 6.54. The van der Waals surface area contributed by atoms with Crippen LogP contribution in [0.3, 0.4) is 0 Å². The zero-order valence-corrected chi connectivity index (χ0v) is 12.6. The molecule has 3 aromatic rings. The number of amides is 1. The summed E-state index contributed by atoms with van der Waals surface area (Å²) >= 11 is 0. The van der Waals surface area contributed by atoms with Gasteiger partial charge >= 0.3 is 5.91 Å². The number of phenolic OH excluding ortho intramolecular Hbond substituents is 1. The topological polar surface area (TPSA) is 57.6 Å². The summed E-state index contributed by atoms with van der Waals surface area (Å²) in [5, 5.41) is 10.3. The summed E-state index contributed by atoms with van der Waals surface area (Å²) in [5.74, 6) is -1.24. The molecule has 1 aliphatic rings. The summed E-state index contributed by atoms with van der Waals surface area (Å²) in [6, 6.07) is 21.2. The maximum Gasteiger partial charge on any atom is 0.304 e. The zero-order chi connectivity index (χ0) is 16.7. The third-order valence-corrected chi connectivity index (χ3v) is 4.10. The number of Topliss-reactive ketones (excluding diaryl/α,β-unsaturated/α-hetero) is 1. The molecule has 0 unspecified atom stereocenters. The first kappa shape index (κ1) is 14.2. The maximum atomic E-state index is 12.6. The fourth-order valence-corrected chi connectivity index (χ4v) is 3.05. The van der Waals surface area contributed by atoms with Gasteiger partial charge in [-0.1, -0.05) is 48.5 Å². The lowest BCUT2D eigenvalue weighted by molar-refractivity contribution is -0.113. The van der Waals surface area contributed by atoms with Crippen LogP contribution >= 0.6 is 0 Å². The average molecular weight is 315 g/mol. The lowest BCUT2D eigenvalue weighted by Gasteiger charge is -2.17. The molecule has 0 aliphatic carbocycles. The van der Waals surface area contributed by atoms with Crippen molar-refractivity contribution >= 4 is 23.1 Å². The van der Waals surface area contributed by atoms with Gasteiger partial charge in [-0.25, -0.2) is 0 Å². The molecular weight excluding hydrogens is 302 g/mol. The van der Waals surface area contributed by atoms with E-state index in [4.69, 9.17) is 0 Å². The number of benzene rings is 3. The minimum atomic E-state index is -0.612. The molecule has 0 fully saturated rings. The molecule has 0 bridgehead atoms. The Kier molecular flexibility index (Phi) is 3.17. The first-order valence-electron chi connectivity index (χ1n) is 7.53. The molecule has 4 nitrogen and oxygen atoms in total. The molecule has 1 heterocycles. The van der Waals surface area contributed by atoms with Crippen molar-refractivity contribution in [2.45, 2.75) is 0 Å². The number of hydrogen-bond acceptors (Lipinski definition) is 3. The highest BCUT2D eigenvalue weighted by Gasteiger charge is 2.39. The number of rotatable bonds is 2. The van der Waals surface area contributed by atoms with Gasteiger partial charge in [0.1, 0.15) is 5.75 Å². The Balaban J connectivity index is 1.99. The van der Waals surface area contributed by atoms with Gasteiger partial charge in [-0.3, -0.25) is 14.5 Å². The SMILES string of the molecule is O=C1C(=O)N(c2ccccc2)c2ccc(O)c(-c3ccccc3)c21. The monoisotopic (exact) mass is 315 g/mol. The van der Waals surface area contributed by atoms with Crippen molar-refractivity contribution in [2.75, 3.05) is 4.90 Å².